The number of aromatic nitrogens is 1. The molecule has 19 heavy (non-hydrogen) atoms. The smallest absolute Gasteiger partial charge is 0.146 e. The van der Waals surface area contributed by atoms with Crippen molar-refractivity contribution in [2.75, 3.05) is 5.32 Å². The Kier molecular flexibility index (Phi) is 2.88. The number of pyridine rings is 1. The van der Waals surface area contributed by atoms with Crippen molar-refractivity contribution in [3.63, 3.8) is 0 Å². The second-order valence-electron chi connectivity index (χ2n) is 4.43. The van der Waals surface area contributed by atoms with E-state index in [-0.39, 0.29) is 5.82 Å². The van der Waals surface area contributed by atoms with Gasteiger partial charge >= 0.3 is 0 Å². The van der Waals surface area contributed by atoms with Gasteiger partial charge in [-0.15, -0.1) is 0 Å². The molecule has 0 atom stereocenters. The number of hydrogen-bond donors (Lipinski definition) is 1. The van der Waals surface area contributed by atoms with Crippen LogP contribution in [0.5, 0.6) is 0 Å². The molecule has 0 saturated heterocycles. The maximum atomic E-state index is 13.7. The van der Waals surface area contributed by atoms with Gasteiger partial charge < -0.3 is 5.32 Å². The van der Waals surface area contributed by atoms with Gasteiger partial charge in [-0.25, -0.2) is 4.39 Å². The van der Waals surface area contributed by atoms with Crippen molar-refractivity contribution < 1.29 is 4.39 Å². The molecule has 0 aliphatic rings. The third kappa shape index (κ3) is 2.27. The highest BCUT2D eigenvalue weighted by Crippen LogP contribution is 2.27. The summed E-state index contributed by atoms with van der Waals surface area (Å²) in [5, 5.41) is 4.12. The summed E-state index contributed by atoms with van der Waals surface area (Å²) in [5.41, 5.74) is 3.14. The minimum Gasteiger partial charge on any atom is -0.353 e. The molecule has 0 spiro atoms. The van der Waals surface area contributed by atoms with Gasteiger partial charge in [0, 0.05) is 16.8 Å². The number of hydrogen-bond acceptors (Lipinski definition) is 2. The molecular weight excluding hydrogens is 239 g/mol. The number of nitrogens with zero attached hydrogens (tertiary/aromatic N) is 1. The second kappa shape index (κ2) is 4.69. The van der Waals surface area contributed by atoms with Crippen LogP contribution in [0.4, 0.5) is 15.8 Å². The maximum Gasteiger partial charge on any atom is 0.146 e. The molecule has 2 nitrogen and oxygen atoms in total. The lowest BCUT2D eigenvalue weighted by molar-refractivity contribution is 0.632. The van der Waals surface area contributed by atoms with Crippen molar-refractivity contribution in [1.82, 2.24) is 4.98 Å². The highest BCUT2D eigenvalue weighted by molar-refractivity contribution is 5.93. The van der Waals surface area contributed by atoms with E-state index in [2.05, 4.69) is 10.3 Å². The van der Waals surface area contributed by atoms with Gasteiger partial charge in [-0.2, -0.15) is 0 Å². The first kappa shape index (κ1) is 11.7. The summed E-state index contributed by atoms with van der Waals surface area (Å²) >= 11 is 0. The molecule has 0 aliphatic heterocycles. The first-order valence-corrected chi connectivity index (χ1v) is 6.12. The van der Waals surface area contributed by atoms with Crippen LogP contribution < -0.4 is 5.32 Å². The van der Waals surface area contributed by atoms with Crippen LogP contribution in [0.1, 0.15) is 5.69 Å². The second-order valence-corrected chi connectivity index (χ2v) is 4.43. The number of rotatable bonds is 2. The number of anilines is 2. The fourth-order valence-corrected chi connectivity index (χ4v) is 2.12. The van der Waals surface area contributed by atoms with Crippen LogP contribution in [-0.4, -0.2) is 4.98 Å². The molecule has 3 rings (SSSR count). The van der Waals surface area contributed by atoms with E-state index in [1.807, 2.05) is 43.3 Å². The van der Waals surface area contributed by atoms with Crippen LogP contribution in [0.2, 0.25) is 0 Å². The molecule has 0 radical (unpaired) electrons. The Morgan fingerprint density at radius 3 is 2.53 bits per heavy atom. The Morgan fingerprint density at radius 2 is 1.68 bits per heavy atom. The summed E-state index contributed by atoms with van der Waals surface area (Å²) in [7, 11) is 0. The molecule has 2 aromatic carbocycles. The van der Waals surface area contributed by atoms with Gasteiger partial charge in [-0.1, -0.05) is 30.3 Å². The van der Waals surface area contributed by atoms with E-state index >= 15 is 0 Å². The van der Waals surface area contributed by atoms with E-state index in [0.717, 1.165) is 22.3 Å². The zero-order valence-corrected chi connectivity index (χ0v) is 10.5. The molecule has 1 heterocycles. The summed E-state index contributed by atoms with van der Waals surface area (Å²) < 4.78 is 13.7. The normalized spacial score (nSPS) is 10.6. The maximum absolute atomic E-state index is 13.7. The molecule has 0 bridgehead atoms. The van der Waals surface area contributed by atoms with Gasteiger partial charge in [0.25, 0.3) is 0 Å². The van der Waals surface area contributed by atoms with Crippen molar-refractivity contribution in [2.45, 2.75) is 6.92 Å². The van der Waals surface area contributed by atoms with E-state index in [0.29, 0.717) is 5.69 Å². The molecular formula is C16H13FN2. The van der Waals surface area contributed by atoms with Crippen LogP contribution >= 0.6 is 0 Å². The standard InChI is InChI=1S/C16H13FN2/c1-11-10-16(12-6-2-4-8-14(12)18-11)19-15-9-5-3-7-13(15)17/h2-10H,1H3,(H,18,19). The summed E-state index contributed by atoms with van der Waals surface area (Å²) in [4.78, 5) is 4.47. The van der Waals surface area contributed by atoms with Crippen molar-refractivity contribution in [2.24, 2.45) is 0 Å². The Morgan fingerprint density at radius 1 is 0.947 bits per heavy atom. The van der Waals surface area contributed by atoms with Gasteiger partial charge in [0.1, 0.15) is 5.82 Å². The molecule has 3 heteroatoms. The number of para-hydroxylation sites is 2. The van der Waals surface area contributed by atoms with Crippen LogP contribution in [-0.2, 0) is 0 Å². The van der Waals surface area contributed by atoms with Crippen LogP contribution in [0.3, 0.4) is 0 Å². The van der Waals surface area contributed by atoms with Gasteiger partial charge in [0.15, 0.2) is 0 Å². The third-order valence-corrected chi connectivity index (χ3v) is 2.99. The fourth-order valence-electron chi connectivity index (χ4n) is 2.12. The average Bonchev–Trinajstić information content (AvgIpc) is 2.41. The Labute approximate surface area is 110 Å². The van der Waals surface area contributed by atoms with Crippen LogP contribution in [0, 0.1) is 12.7 Å². The third-order valence-electron chi connectivity index (χ3n) is 2.99. The molecule has 0 unspecified atom stereocenters. The van der Waals surface area contributed by atoms with Gasteiger partial charge in [-0.05, 0) is 31.2 Å². The number of benzene rings is 2. The highest BCUT2D eigenvalue weighted by atomic mass is 19.1. The summed E-state index contributed by atoms with van der Waals surface area (Å²) in [6, 6.07) is 16.4. The molecule has 0 fully saturated rings. The lowest BCUT2D eigenvalue weighted by Crippen LogP contribution is -1.96. The van der Waals surface area contributed by atoms with Gasteiger partial charge in [0.2, 0.25) is 0 Å². The quantitative estimate of drug-likeness (QED) is 0.730. The molecule has 0 amide bonds. The van der Waals surface area contributed by atoms with Crippen molar-refractivity contribution in [3.8, 4) is 0 Å². The zero-order chi connectivity index (χ0) is 13.2. The van der Waals surface area contributed by atoms with E-state index in [9.17, 15) is 4.39 Å². The number of nitrogens with one attached hydrogen (secondary N) is 1. The SMILES string of the molecule is Cc1cc(Nc2ccccc2F)c2ccccc2n1. The van der Waals surface area contributed by atoms with Crippen molar-refractivity contribution in [3.05, 3.63) is 66.1 Å². The first-order valence-electron chi connectivity index (χ1n) is 6.12. The monoisotopic (exact) mass is 252 g/mol. The van der Waals surface area contributed by atoms with Crippen LogP contribution in [0.25, 0.3) is 10.9 Å². The average molecular weight is 252 g/mol. The predicted molar refractivity (Wildman–Crippen MR) is 76.2 cm³/mol. The van der Waals surface area contributed by atoms with Gasteiger partial charge in [-0.3, -0.25) is 4.98 Å². The number of halogens is 1. The number of aryl methyl sites for hydroxylation is 1. The minimum atomic E-state index is -0.263. The van der Waals surface area contributed by atoms with E-state index in [1.165, 1.54) is 6.07 Å². The summed E-state index contributed by atoms with van der Waals surface area (Å²) in [5.74, 6) is -0.263. The summed E-state index contributed by atoms with van der Waals surface area (Å²) in [6.45, 7) is 1.93. The molecule has 1 aromatic heterocycles. The molecule has 94 valence electrons. The fraction of sp³-hybridized carbons (Fsp3) is 0.0625. The Balaban J connectivity index is 2.13. The zero-order valence-electron chi connectivity index (χ0n) is 10.5. The van der Waals surface area contributed by atoms with Gasteiger partial charge in [0.05, 0.1) is 11.2 Å². The van der Waals surface area contributed by atoms with E-state index in [1.54, 1.807) is 12.1 Å². The van der Waals surface area contributed by atoms with Crippen molar-refractivity contribution in [1.29, 1.82) is 0 Å². The molecule has 0 saturated carbocycles. The first-order chi connectivity index (χ1) is 9.24. The topological polar surface area (TPSA) is 24.9 Å². The predicted octanol–water partition coefficient (Wildman–Crippen LogP) is 4.43. The lowest BCUT2D eigenvalue weighted by Gasteiger charge is -2.11. The number of fused-ring (bicyclic) bond motifs is 1. The van der Waals surface area contributed by atoms with Crippen LogP contribution in [0.15, 0.2) is 54.6 Å². The highest BCUT2D eigenvalue weighted by Gasteiger charge is 2.06. The molecule has 3 aromatic rings. The lowest BCUT2D eigenvalue weighted by atomic mass is 10.1. The minimum absolute atomic E-state index is 0.263. The molecule has 1 N–H and O–H groups in total. The van der Waals surface area contributed by atoms with Crippen molar-refractivity contribution >= 4 is 22.3 Å². The van der Waals surface area contributed by atoms with E-state index < -0.39 is 0 Å². The Bertz CT molecular complexity index is 738. The Hall–Kier alpha value is -2.42. The largest absolute Gasteiger partial charge is 0.353 e. The van der Waals surface area contributed by atoms with E-state index in [4.69, 9.17) is 0 Å². The molecule has 0 aliphatic carbocycles. The summed E-state index contributed by atoms with van der Waals surface area (Å²) in [6.07, 6.45) is 0.